The van der Waals surface area contributed by atoms with E-state index >= 15 is 0 Å². The summed E-state index contributed by atoms with van der Waals surface area (Å²) in [5, 5.41) is 20.1. The van der Waals surface area contributed by atoms with E-state index in [9.17, 15) is 4.79 Å². The topological polar surface area (TPSA) is 81.9 Å². The van der Waals surface area contributed by atoms with Gasteiger partial charge in [-0.3, -0.25) is 4.79 Å². The monoisotopic (exact) mass is 389 g/mol. The second-order valence-corrected chi connectivity index (χ2v) is 9.20. The molecule has 2 aliphatic rings. The quantitative estimate of drug-likeness (QED) is 0.869. The van der Waals surface area contributed by atoms with Gasteiger partial charge in [-0.05, 0) is 47.9 Å². The highest BCUT2D eigenvalue weighted by Crippen LogP contribution is 2.48. The van der Waals surface area contributed by atoms with E-state index < -0.39 is 0 Å². The third kappa shape index (κ3) is 3.82. The predicted molar refractivity (Wildman–Crippen MR) is 112 cm³/mol. The molecule has 0 bridgehead atoms. The molecule has 4 rings (SSSR count). The van der Waals surface area contributed by atoms with Gasteiger partial charge in [0.05, 0.1) is 5.41 Å². The van der Waals surface area contributed by atoms with Crippen molar-refractivity contribution in [3.63, 3.8) is 0 Å². The molecule has 1 atom stereocenters. The number of carbonyl (C=O) groups is 1. The highest BCUT2D eigenvalue weighted by Gasteiger charge is 2.51. The lowest BCUT2D eigenvalue weighted by Gasteiger charge is -2.23. The van der Waals surface area contributed by atoms with Gasteiger partial charge in [-0.25, -0.2) is 0 Å². The Labute approximate surface area is 171 Å². The Kier molecular flexibility index (Phi) is 4.77. The van der Waals surface area contributed by atoms with Crippen LogP contribution in [-0.4, -0.2) is 35.2 Å². The Morgan fingerprint density at radius 2 is 1.90 bits per heavy atom. The Morgan fingerprint density at radius 3 is 2.45 bits per heavy atom. The summed E-state index contributed by atoms with van der Waals surface area (Å²) in [4.78, 5) is 15.2. The maximum Gasteiger partial charge on any atom is 0.230 e. The molecule has 6 nitrogen and oxygen atoms in total. The van der Waals surface area contributed by atoms with E-state index in [4.69, 9.17) is 5.26 Å². The minimum Gasteiger partial charge on any atom is -0.353 e. The van der Waals surface area contributed by atoms with Crippen LogP contribution in [0.1, 0.15) is 56.9 Å². The van der Waals surface area contributed by atoms with Crippen LogP contribution < -0.4 is 10.2 Å². The number of anilines is 1. The van der Waals surface area contributed by atoms with E-state index in [1.165, 1.54) is 5.56 Å². The molecule has 1 aliphatic heterocycles. The first-order chi connectivity index (χ1) is 13.8. The van der Waals surface area contributed by atoms with Gasteiger partial charge in [-0.15, -0.1) is 10.2 Å². The number of aromatic nitrogens is 2. The summed E-state index contributed by atoms with van der Waals surface area (Å²) in [5.74, 6) is 0.887. The molecule has 1 aliphatic carbocycles. The maximum atomic E-state index is 13.1. The maximum absolute atomic E-state index is 13.1. The standard InChI is InChI=1S/C23H27N5O/c1-22(2,3)16-4-6-17(7-5-16)23(11-12-23)21(29)25-19-10-13-28(15-19)20-9-8-18(14-24)26-27-20/h4-9,19H,10-13,15H2,1-3H3,(H,25,29). The van der Waals surface area contributed by atoms with E-state index in [0.29, 0.717) is 12.2 Å². The minimum atomic E-state index is -0.363. The zero-order chi connectivity index (χ0) is 20.6. The Bertz CT molecular complexity index is 933. The average Bonchev–Trinajstić information content (AvgIpc) is 3.41. The molecular formula is C23H27N5O. The fraction of sp³-hybridized carbons (Fsp3) is 0.478. The van der Waals surface area contributed by atoms with Crippen LogP contribution >= 0.6 is 0 Å². The molecule has 0 radical (unpaired) electrons. The molecule has 1 saturated carbocycles. The molecule has 0 spiro atoms. The van der Waals surface area contributed by atoms with Gasteiger partial charge in [0.25, 0.3) is 0 Å². The summed E-state index contributed by atoms with van der Waals surface area (Å²) in [6.07, 6.45) is 2.70. The van der Waals surface area contributed by atoms with Crippen molar-refractivity contribution in [2.24, 2.45) is 0 Å². The number of carbonyl (C=O) groups excluding carboxylic acids is 1. The van der Waals surface area contributed by atoms with E-state index in [1.54, 1.807) is 6.07 Å². The van der Waals surface area contributed by atoms with Crippen LogP contribution in [0.3, 0.4) is 0 Å². The number of hydrogen-bond donors (Lipinski definition) is 1. The third-order valence-corrected chi connectivity index (χ3v) is 6.10. The second-order valence-electron chi connectivity index (χ2n) is 9.20. The molecule has 2 aromatic rings. The van der Waals surface area contributed by atoms with E-state index in [-0.39, 0.29) is 22.8 Å². The fourth-order valence-corrected chi connectivity index (χ4v) is 4.02. The molecule has 6 heteroatoms. The van der Waals surface area contributed by atoms with Gasteiger partial charge in [-0.2, -0.15) is 5.26 Å². The number of amides is 1. The van der Waals surface area contributed by atoms with Gasteiger partial charge in [0.2, 0.25) is 5.91 Å². The van der Waals surface area contributed by atoms with Crippen molar-refractivity contribution in [3.8, 4) is 6.07 Å². The highest BCUT2D eigenvalue weighted by molar-refractivity contribution is 5.91. The predicted octanol–water partition coefficient (Wildman–Crippen LogP) is 3.07. The zero-order valence-electron chi connectivity index (χ0n) is 17.3. The summed E-state index contributed by atoms with van der Waals surface area (Å²) in [7, 11) is 0. The highest BCUT2D eigenvalue weighted by atomic mass is 16.2. The van der Waals surface area contributed by atoms with Crippen LogP contribution in [0.2, 0.25) is 0 Å². The molecule has 1 unspecified atom stereocenters. The minimum absolute atomic E-state index is 0.103. The molecular weight excluding hydrogens is 362 g/mol. The third-order valence-electron chi connectivity index (χ3n) is 6.10. The Balaban J connectivity index is 1.40. The van der Waals surface area contributed by atoms with Gasteiger partial charge < -0.3 is 10.2 Å². The van der Waals surface area contributed by atoms with Gasteiger partial charge in [0.15, 0.2) is 11.5 Å². The molecule has 150 valence electrons. The van der Waals surface area contributed by atoms with Crippen molar-refractivity contribution in [3.05, 3.63) is 53.2 Å². The van der Waals surface area contributed by atoms with Gasteiger partial charge in [0.1, 0.15) is 6.07 Å². The summed E-state index contributed by atoms with van der Waals surface area (Å²) in [5.41, 5.74) is 2.46. The van der Waals surface area contributed by atoms with Crippen LogP contribution in [0.15, 0.2) is 36.4 Å². The van der Waals surface area contributed by atoms with Crippen molar-refractivity contribution in [1.82, 2.24) is 15.5 Å². The lowest BCUT2D eigenvalue weighted by atomic mass is 9.85. The largest absolute Gasteiger partial charge is 0.353 e. The van der Waals surface area contributed by atoms with Crippen LogP contribution in [0.4, 0.5) is 5.82 Å². The Hall–Kier alpha value is -2.94. The normalized spacial score (nSPS) is 20.2. The van der Waals surface area contributed by atoms with Crippen molar-refractivity contribution in [2.75, 3.05) is 18.0 Å². The van der Waals surface area contributed by atoms with E-state index in [2.05, 4.69) is 65.5 Å². The van der Waals surface area contributed by atoms with Crippen molar-refractivity contribution in [1.29, 1.82) is 5.26 Å². The molecule has 29 heavy (non-hydrogen) atoms. The van der Waals surface area contributed by atoms with E-state index in [0.717, 1.165) is 37.2 Å². The van der Waals surface area contributed by atoms with Crippen molar-refractivity contribution >= 4 is 11.7 Å². The van der Waals surface area contributed by atoms with Crippen LogP contribution in [0.25, 0.3) is 0 Å². The number of rotatable bonds is 4. The first-order valence-corrected chi connectivity index (χ1v) is 10.2. The Morgan fingerprint density at radius 1 is 1.17 bits per heavy atom. The summed E-state index contributed by atoms with van der Waals surface area (Å²) in [6, 6.07) is 14.1. The SMILES string of the molecule is CC(C)(C)c1ccc(C2(C(=O)NC3CCN(c4ccc(C#N)nn4)C3)CC2)cc1. The van der Waals surface area contributed by atoms with Gasteiger partial charge >= 0.3 is 0 Å². The number of benzene rings is 1. The smallest absolute Gasteiger partial charge is 0.230 e. The number of nitrogens with zero attached hydrogens (tertiary/aromatic N) is 4. The van der Waals surface area contributed by atoms with Crippen LogP contribution in [0, 0.1) is 11.3 Å². The molecule has 1 saturated heterocycles. The lowest BCUT2D eigenvalue weighted by Crippen LogP contribution is -2.43. The summed E-state index contributed by atoms with van der Waals surface area (Å²) < 4.78 is 0. The summed E-state index contributed by atoms with van der Waals surface area (Å²) in [6.45, 7) is 8.13. The van der Waals surface area contributed by atoms with Crippen molar-refractivity contribution in [2.45, 2.75) is 56.9 Å². The molecule has 1 aromatic carbocycles. The van der Waals surface area contributed by atoms with Gasteiger partial charge in [0, 0.05) is 19.1 Å². The van der Waals surface area contributed by atoms with Crippen molar-refractivity contribution < 1.29 is 4.79 Å². The average molecular weight is 390 g/mol. The molecule has 2 heterocycles. The molecule has 1 amide bonds. The molecule has 1 N–H and O–H groups in total. The number of hydrogen-bond acceptors (Lipinski definition) is 5. The lowest BCUT2D eigenvalue weighted by molar-refractivity contribution is -0.124. The van der Waals surface area contributed by atoms with Gasteiger partial charge in [-0.1, -0.05) is 45.0 Å². The zero-order valence-corrected chi connectivity index (χ0v) is 17.3. The first-order valence-electron chi connectivity index (χ1n) is 10.2. The van der Waals surface area contributed by atoms with Crippen LogP contribution in [0.5, 0.6) is 0 Å². The second kappa shape index (κ2) is 7.14. The summed E-state index contributed by atoms with van der Waals surface area (Å²) >= 11 is 0. The fourth-order valence-electron chi connectivity index (χ4n) is 4.02. The van der Waals surface area contributed by atoms with E-state index in [1.807, 2.05) is 12.1 Å². The first kappa shape index (κ1) is 19.4. The molecule has 2 fully saturated rings. The van der Waals surface area contributed by atoms with Crippen LogP contribution in [-0.2, 0) is 15.6 Å². The number of nitrogens with one attached hydrogen (secondary N) is 1. The molecule has 1 aromatic heterocycles. The number of nitriles is 1.